The molecule has 2 aliphatic rings. The van der Waals surface area contributed by atoms with Crippen molar-refractivity contribution in [3.8, 4) is 73.2 Å². The van der Waals surface area contributed by atoms with Crippen molar-refractivity contribution in [2.45, 2.75) is 5.41 Å². The van der Waals surface area contributed by atoms with Crippen molar-refractivity contribution in [2.24, 2.45) is 0 Å². The molecule has 0 fully saturated rings. The molecule has 1 atom stereocenters. The van der Waals surface area contributed by atoms with Crippen molar-refractivity contribution in [3.63, 3.8) is 0 Å². The molecule has 69 heavy (non-hydrogen) atoms. The summed E-state index contributed by atoms with van der Waals surface area (Å²) >= 11 is 0. The van der Waals surface area contributed by atoms with E-state index in [0.717, 1.165) is 60.9 Å². The second kappa shape index (κ2) is 14.4. The van der Waals surface area contributed by atoms with Crippen LogP contribution in [0.3, 0.4) is 0 Å². The number of nitrogens with zero attached hydrogens (tertiary/aromatic N) is 4. The Balaban J connectivity index is 1.01. The highest BCUT2D eigenvalue weighted by atomic mass is 16.3. The summed E-state index contributed by atoms with van der Waals surface area (Å²) in [6, 6.07) is 82.6. The Kier molecular flexibility index (Phi) is 7.93. The number of aromatic nitrogens is 4. The third-order valence-electron chi connectivity index (χ3n) is 14.7. The minimum Gasteiger partial charge on any atom is -0.455 e. The first-order chi connectivity index (χ1) is 34.2. The Morgan fingerprint density at radius 2 is 0.928 bits per heavy atom. The maximum absolute atomic E-state index is 6.67. The van der Waals surface area contributed by atoms with Crippen LogP contribution >= 0.6 is 0 Å². The Morgan fingerprint density at radius 1 is 0.333 bits per heavy atom. The molecule has 1 aliphatic carbocycles. The van der Waals surface area contributed by atoms with Crippen LogP contribution in [0.25, 0.3) is 117 Å². The van der Waals surface area contributed by atoms with E-state index in [1.165, 1.54) is 60.9 Å². The SMILES string of the molecule is c1ccc(-c2ccc(-c3nc(-c4ccc5c(c4)C4(c6ccccc6-5)c5ccccc5-n5c6ccccc6c6cccc4c65)nc(-c4cccc5c4oc4ccccc45)n3)c(-c3ccccc3)c2)cc1. The fourth-order valence-electron chi connectivity index (χ4n) is 11.8. The zero-order chi connectivity index (χ0) is 45.2. The number of hydrogen-bond acceptors (Lipinski definition) is 4. The Hall–Kier alpha value is -9.19. The van der Waals surface area contributed by atoms with Gasteiger partial charge >= 0.3 is 0 Å². The van der Waals surface area contributed by atoms with Gasteiger partial charge in [0.2, 0.25) is 0 Å². The van der Waals surface area contributed by atoms with Crippen LogP contribution in [0.4, 0.5) is 0 Å². The quantitative estimate of drug-likeness (QED) is 0.173. The molecule has 5 heteroatoms. The van der Waals surface area contributed by atoms with Crippen molar-refractivity contribution >= 4 is 43.7 Å². The summed E-state index contributed by atoms with van der Waals surface area (Å²) in [6.45, 7) is 0. The lowest BCUT2D eigenvalue weighted by Crippen LogP contribution is -2.33. The van der Waals surface area contributed by atoms with Crippen molar-refractivity contribution in [2.75, 3.05) is 0 Å². The topological polar surface area (TPSA) is 56.7 Å². The number of para-hydroxylation sites is 5. The van der Waals surface area contributed by atoms with E-state index in [1.54, 1.807) is 0 Å². The smallest absolute Gasteiger partial charge is 0.167 e. The Labute approximate surface area is 397 Å². The highest BCUT2D eigenvalue weighted by Gasteiger charge is 2.51. The van der Waals surface area contributed by atoms with Crippen LogP contribution in [0.1, 0.15) is 22.3 Å². The largest absolute Gasteiger partial charge is 0.455 e. The molecule has 1 unspecified atom stereocenters. The van der Waals surface area contributed by atoms with Gasteiger partial charge in [0.25, 0.3) is 0 Å². The Bertz CT molecular complexity index is 4260. The molecule has 0 radical (unpaired) electrons. The predicted octanol–water partition coefficient (Wildman–Crippen LogP) is 15.9. The van der Waals surface area contributed by atoms with E-state index in [9.17, 15) is 0 Å². The number of benzene rings is 10. The summed E-state index contributed by atoms with van der Waals surface area (Å²) in [5.41, 5.74) is 19.0. The monoisotopic (exact) mass is 878 g/mol. The number of furan rings is 1. The molecular weight excluding hydrogens is 841 g/mol. The average Bonchev–Trinajstić information content (AvgIpc) is 4.07. The molecule has 0 amide bonds. The molecule has 3 aromatic heterocycles. The van der Waals surface area contributed by atoms with E-state index < -0.39 is 5.41 Å². The average molecular weight is 879 g/mol. The molecule has 10 aromatic carbocycles. The number of rotatable bonds is 5. The van der Waals surface area contributed by atoms with Crippen LogP contribution in [0.2, 0.25) is 0 Å². The van der Waals surface area contributed by atoms with E-state index in [-0.39, 0.29) is 0 Å². The summed E-state index contributed by atoms with van der Waals surface area (Å²) < 4.78 is 9.16. The standard InChI is InChI=1S/C64H38N4O/c1-3-17-39(18-4-1)41-33-36-49(51(37-41)40-19-5-2-6-20-40)62-65-61(66-63(67-62)50-26-15-25-48-46-23-9-14-32-58(46)69-60(48)50)42-34-35-44-43-21-7-10-27-52(43)64(55(44)38-42)53-28-11-13-31-57(53)68-56-30-12-8-22-45(56)47-24-16-29-54(64)59(47)68/h1-38H. The lowest BCUT2D eigenvalue weighted by molar-refractivity contribution is 0.669. The van der Waals surface area contributed by atoms with Gasteiger partial charge in [-0.3, -0.25) is 0 Å². The molecule has 320 valence electrons. The zero-order valence-corrected chi connectivity index (χ0v) is 37.1. The molecule has 0 N–H and O–H groups in total. The first kappa shape index (κ1) is 38.0. The summed E-state index contributed by atoms with van der Waals surface area (Å²) in [7, 11) is 0. The second-order valence-electron chi connectivity index (χ2n) is 18.2. The molecule has 13 aromatic rings. The van der Waals surface area contributed by atoms with Gasteiger partial charge in [0.05, 0.1) is 27.7 Å². The normalized spacial score (nSPS) is 14.4. The minimum atomic E-state index is -0.630. The maximum atomic E-state index is 6.67. The van der Waals surface area contributed by atoms with E-state index >= 15 is 0 Å². The first-order valence-electron chi connectivity index (χ1n) is 23.5. The minimum absolute atomic E-state index is 0.543. The zero-order valence-electron chi connectivity index (χ0n) is 37.1. The first-order valence-corrected chi connectivity index (χ1v) is 23.5. The lowest BCUT2D eigenvalue weighted by Gasteiger charge is -2.39. The van der Waals surface area contributed by atoms with Crippen LogP contribution in [0.15, 0.2) is 235 Å². The van der Waals surface area contributed by atoms with Crippen molar-refractivity contribution < 1.29 is 4.42 Å². The fourth-order valence-corrected chi connectivity index (χ4v) is 11.8. The Morgan fingerprint density at radius 3 is 1.80 bits per heavy atom. The third kappa shape index (κ3) is 5.32. The van der Waals surface area contributed by atoms with Gasteiger partial charge in [0.15, 0.2) is 17.5 Å². The maximum Gasteiger partial charge on any atom is 0.167 e. The fraction of sp³-hybridized carbons (Fsp3) is 0.0156. The predicted molar refractivity (Wildman–Crippen MR) is 279 cm³/mol. The van der Waals surface area contributed by atoms with Crippen LogP contribution in [0, 0.1) is 0 Å². The van der Waals surface area contributed by atoms with Gasteiger partial charge in [-0.05, 0) is 98.1 Å². The van der Waals surface area contributed by atoms with Crippen LogP contribution in [0.5, 0.6) is 0 Å². The van der Waals surface area contributed by atoms with E-state index in [2.05, 4.69) is 223 Å². The molecule has 15 rings (SSSR count). The summed E-state index contributed by atoms with van der Waals surface area (Å²) in [5.74, 6) is 1.71. The van der Waals surface area contributed by atoms with E-state index in [4.69, 9.17) is 19.4 Å². The highest BCUT2D eigenvalue weighted by molar-refractivity contribution is 6.13. The van der Waals surface area contributed by atoms with Gasteiger partial charge in [-0.25, -0.2) is 15.0 Å². The highest BCUT2D eigenvalue weighted by Crippen LogP contribution is 2.61. The molecule has 5 nitrogen and oxygen atoms in total. The molecule has 1 spiro atoms. The molecule has 1 aliphatic heterocycles. The number of hydrogen-bond donors (Lipinski definition) is 0. The van der Waals surface area contributed by atoms with Gasteiger partial charge < -0.3 is 8.98 Å². The molecule has 0 saturated heterocycles. The van der Waals surface area contributed by atoms with Gasteiger partial charge in [-0.2, -0.15) is 0 Å². The molecule has 0 bridgehead atoms. The summed E-state index contributed by atoms with van der Waals surface area (Å²) in [4.78, 5) is 16.4. The van der Waals surface area contributed by atoms with Gasteiger partial charge in [-0.1, -0.05) is 188 Å². The van der Waals surface area contributed by atoms with Gasteiger partial charge in [0.1, 0.15) is 11.2 Å². The van der Waals surface area contributed by atoms with Crippen LogP contribution < -0.4 is 0 Å². The third-order valence-corrected chi connectivity index (χ3v) is 14.7. The van der Waals surface area contributed by atoms with Crippen LogP contribution in [-0.4, -0.2) is 19.5 Å². The molecular formula is C64H38N4O. The van der Waals surface area contributed by atoms with Crippen molar-refractivity contribution in [1.82, 2.24) is 19.5 Å². The lowest BCUT2D eigenvalue weighted by atomic mass is 9.65. The van der Waals surface area contributed by atoms with Gasteiger partial charge in [0, 0.05) is 32.7 Å². The van der Waals surface area contributed by atoms with Crippen LogP contribution in [-0.2, 0) is 5.41 Å². The van der Waals surface area contributed by atoms with Crippen molar-refractivity contribution in [1.29, 1.82) is 0 Å². The summed E-state index contributed by atoms with van der Waals surface area (Å²) in [6.07, 6.45) is 0. The van der Waals surface area contributed by atoms with E-state index in [1.807, 2.05) is 12.1 Å². The molecule has 0 saturated carbocycles. The van der Waals surface area contributed by atoms with Crippen molar-refractivity contribution in [3.05, 3.63) is 253 Å². The number of fused-ring (bicyclic) bond motifs is 15. The van der Waals surface area contributed by atoms with Gasteiger partial charge in [-0.15, -0.1) is 0 Å². The second-order valence-corrected chi connectivity index (χ2v) is 18.2. The molecule has 4 heterocycles. The van der Waals surface area contributed by atoms with E-state index in [0.29, 0.717) is 17.5 Å². The summed E-state index contributed by atoms with van der Waals surface area (Å²) in [5, 5.41) is 4.57.